The van der Waals surface area contributed by atoms with E-state index in [-0.39, 0.29) is 17.3 Å². The summed E-state index contributed by atoms with van der Waals surface area (Å²) in [6.45, 7) is 1.34. The third-order valence-electron chi connectivity index (χ3n) is 3.02. The molecule has 1 aliphatic heterocycles. The summed E-state index contributed by atoms with van der Waals surface area (Å²) in [5, 5.41) is 2.48. The summed E-state index contributed by atoms with van der Waals surface area (Å²) >= 11 is 0. The van der Waals surface area contributed by atoms with Gasteiger partial charge in [0.25, 0.3) is 0 Å². The molecule has 2 amide bonds. The average molecular weight is 266 g/mol. The second-order valence-electron chi connectivity index (χ2n) is 4.31. The van der Waals surface area contributed by atoms with E-state index < -0.39 is 11.8 Å². The molecule has 102 valence electrons. The second kappa shape index (κ2) is 5.69. The number of nitrogens with one attached hydrogen (secondary N) is 1. The van der Waals surface area contributed by atoms with Crippen molar-refractivity contribution in [1.82, 2.24) is 4.90 Å². The van der Waals surface area contributed by atoms with Crippen LogP contribution in [-0.4, -0.2) is 37.1 Å². The van der Waals surface area contributed by atoms with Crippen molar-refractivity contribution in [1.29, 1.82) is 0 Å². The minimum Gasteiger partial charge on any atom is -0.465 e. The van der Waals surface area contributed by atoms with Crippen LogP contribution in [0.1, 0.15) is 23.2 Å². The SMILES string of the molecule is COC(=O)c1ccc(F)c(NC(=O)N2CCCC2)c1. The Bertz CT molecular complexity index is 499. The fraction of sp³-hybridized carbons (Fsp3) is 0.385. The summed E-state index contributed by atoms with van der Waals surface area (Å²) in [6, 6.07) is 3.37. The van der Waals surface area contributed by atoms with Gasteiger partial charge in [-0.05, 0) is 31.0 Å². The van der Waals surface area contributed by atoms with E-state index in [4.69, 9.17) is 0 Å². The van der Waals surface area contributed by atoms with E-state index in [1.807, 2.05) is 0 Å². The molecule has 0 saturated carbocycles. The Morgan fingerprint density at radius 1 is 1.32 bits per heavy atom. The normalized spacial score (nSPS) is 14.3. The number of carbonyl (C=O) groups is 2. The van der Waals surface area contributed by atoms with E-state index in [1.54, 1.807) is 4.90 Å². The maximum Gasteiger partial charge on any atom is 0.337 e. The van der Waals surface area contributed by atoms with Crippen molar-refractivity contribution in [3.63, 3.8) is 0 Å². The molecular formula is C13H15FN2O3. The van der Waals surface area contributed by atoms with Gasteiger partial charge in [-0.15, -0.1) is 0 Å². The Hall–Kier alpha value is -2.11. The van der Waals surface area contributed by atoms with Crippen molar-refractivity contribution in [3.05, 3.63) is 29.6 Å². The zero-order valence-electron chi connectivity index (χ0n) is 10.6. The molecule has 1 aromatic carbocycles. The largest absolute Gasteiger partial charge is 0.465 e. The van der Waals surface area contributed by atoms with Gasteiger partial charge in [0.05, 0.1) is 18.4 Å². The van der Waals surface area contributed by atoms with Gasteiger partial charge in [0, 0.05) is 13.1 Å². The number of anilines is 1. The van der Waals surface area contributed by atoms with Gasteiger partial charge in [-0.25, -0.2) is 14.0 Å². The van der Waals surface area contributed by atoms with Crippen molar-refractivity contribution in [2.24, 2.45) is 0 Å². The van der Waals surface area contributed by atoms with Crippen molar-refractivity contribution >= 4 is 17.7 Å². The predicted octanol–water partition coefficient (Wildman–Crippen LogP) is 2.24. The number of rotatable bonds is 2. The molecule has 0 unspecified atom stereocenters. The van der Waals surface area contributed by atoms with Crippen LogP contribution in [0.3, 0.4) is 0 Å². The summed E-state index contributed by atoms with van der Waals surface area (Å²) in [7, 11) is 1.24. The average Bonchev–Trinajstić information content (AvgIpc) is 2.94. The maximum absolute atomic E-state index is 13.6. The number of ether oxygens (including phenoxy) is 1. The van der Waals surface area contributed by atoms with E-state index in [2.05, 4.69) is 10.1 Å². The van der Waals surface area contributed by atoms with E-state index in [9.17, 15) is 14.0 Å². The third kappa shape index (κ3) is 3.01. The molecule has 1 heterocycles. The third-order valence-corrected chi connectivity index (χ3v) is 3.02. The van der Waals surface area contributed by atoms with Gasteiger partial charge in [-0.2, -0.15) is 0 Å². The highest BCUT2D eigenvalue weighted by molar-refractivity contribution is 5.94. The summed E-state index contributed by atoms with van der Waals surface area (Å²) in [5.41, 5.74) is 0.181. The zero-order valence-corrected chi connectivity index (χ0v) is 10.6. The van der Waals surface area contributed by atoms with E-state index >= 15 is 0 Å². The molecule has 2 rings (SSSR count). The minimum atomic E-state index is -0.583. The topological polar surface area (TPSA) is 58.6 Å². The van der Waals surface area contributed by atoms with Crippen LogP contribution in [0.25, 0.3) is 0 Å². The van der Waals surface area contributed by atoms with Gasteiger partial charge < -0.3 is 15.0 Å². The fourth-order valence-electron chi connectivity index (χ4n) is 1.98. The molecule has 0 aromatic heterocycles. The summed E-state index contributed by atoms with van der Waals surface area (Å²) in [6.07, 6.45) is 1.91. The lowest BCUT2D eigenvalue weighted by molar-refractivity contribution is 0.0600. The Morgan fingerprint density at radius 3 is 2.63 bits per heavy atom. The number of esters is 1. The van der Waals surface area contributed by atoms with Crippen LogP contribution in [0.2, 0.25) is 0 Å². The number of likely N-dealkylation sites (tertiary alicyclic amines) is 1. The Labute approximate surface area is 110 Å². The Balaban J connectivity index is 2.14. The predicted molar refractivity (Wildman–Crippen MR) is 67.6 cm³/mol. The molecule has 0 bridgehead atoms. The van der Waals surface area contributed by atoms with Crippen LogP contribution in [0, 0.1) is 5.82 Å². The van der Waals surface area contributed by atoms with Gasteiger partial charge in [0.15, 0.2) is 0 Å². The van der Waals surface area contributed by atoms with Gasteiger partial charge in [-0.3, -0.25) is 0 Å². The summed E-state index contributed by atoms with van der Waals surface area (Å²) in [4.78, 5) is 24.8. The Kier molecular flexibility index (Phi) is 3.99. The number of benzene rings is 1. The summed E-state index contributed by atoms with van der Waals surface area (Å²) < 4.78 is 18.2. The first-order chi connectivity index (χ1) is 9.11. The van der Waals surface area contributed by atoms with Gasteiger partial charge >= 0.3 is 12.0 Å². The van der Waals surface area contributed by atoms with Crippen molar-refractivity contribution < 1.29 is 18.7 Å². The number of amides is 2. The molecule has 0 aliphatic carbocycles. The molecule has 6 heteroatoms. The van der Waals surface area contributed by atoms with Crippen LogP contribution in [-0.2, 0) is 4.74 Å². The number of methoxy groups -OCH3 is 1. The van der Waals surface area contributed by atoms with Gasteiger partial charge in [-0.1, -0.05) is 0 Å². The van der Waals surface area contributed by atoms with Gasteiger partial charge in [0.2, 0.25) is 0 Å². The zero-order chi connectivity index (χ0) is 13.8. The smallest absolute Gasteiger partial charge is 0.337 e. The summed E-state index contributed by atoms with van der Waals surface area (Å²) in [5.74, 6) is -1.16. The van der Waals surface area contributed by atoms with Crippen LogP contribution >= 0.6 is 0 Å². The van der Waals surface area contributed by atoms with Crippen LogP contribution in [0.15, 0.2) is 18.2 Å². The second-order valence-corrected chi connectivity index (χ2v) is 4.31. The number of nitrogens with zero attached hydrogens (tertiary/aromatic N) is 1. The number of carbonyl (C=O) groups excluding carboxylic acids is 2. The Morgan fingerprint density at radius 2 is 2.00 bits per heavy atom. The lowest BCUT2D eigenvalue weighted by Gasteiger charge is -2.16. The molecular weight excluding hydrogens is 251 g/mol. The lowest BCUT2D eigenvalue weighted by Crippen LogP contribution is -2.32. The highest BCUT2D eigenvalue weighted by Crippen LogP contribution is 2.18. The number of hydrogen-bond donors (Lipinski definition) is 1. The monoisotopic (exact) mass is 266 g/mol. The fourth-order valence-corrected chi connectivity index (χ4v) is 1.98. The first kappa shape index (κ1) is 13.3. The standard InChI is InChI=1S/C13H15FN2O3/c1-19-12(17)9-4-5-10(14)11(8-9)15-13(18)16-6-2-3-7-16/h4-5,8H,2-3,6-7H2,1H3,(H,15,18). The van der Waals surface area contributed by atoms with Crippen LogP contribution < -0.4 is 5.32 Å². The molecule has 0 atom stereocenters. The molecule has 5 nitrogen and oxygen atoms in total. The van der Waals surface area contributed by atoms with Crippen molar-refractivity contribution in [3.8, 4) is 0 Å². The van der Waals surface area contributed by atoms with E-state index in [0.717, 1.165) is 18.9 Å². The van der Waals surface area contributed by atoms with Crippen molar-refractivity contribution in [2.45, 2.75) is 12.8 Å². The quantitative estimate of drug-likeness (QED) is 0.835. The van der Waals surface area contributed by atoms with Gasteiger partial charge in [0.1, 0.15) is 5.82 Å². The molecule has 1 fully saturated rings. The highest BCUT2D eigenvalue weighted by Gasteiger charge is 2.19. The molecule has 1 N–H and O–H groups in total. The van der Waals surface area contributed by atoms with Crippen LogP contribution in [0.4, 0.5) is 14.9 Å². The molecule has 1 aromatic rings. The molecule has 19 heavy (non-hydrogen) atoms. The van der Waals surface area contributed by atoms with Crippen molar-refractivity contribution in [2.75, 3.05) is 25.5 Å². The first-order valence-corrected chi connectivity index (χ1v) is 6.05. The number of urea groups is 1. The molecule has 1 aliphatic rings. The number of hydrogen-bond acceptors (Lipinski definition) is 3. The molecule has 0 radical (unpaired) electrons. The minimum absolute atomic E-state index is 0.0141. The van der Waals surface area contributed by atoms with E-state index in [1.165, 1.54) is 19.2 Å². The first-order valence-electron chi connectivity index (χ1n) is 6.05. The van der Waals surface area contributed by atoms with E-state index in [0.29, 0.717) is 13.1 Å². The lowest BCUT2D eigenvalue weighted by atomic mass is 10.2. The molecule has 1 saturated heterocycles. The highest BCUT2D eigenvalue weighted by atomic mass is 19.1. The maximum atomic E-state index is 13.6. The number of halogens is 1. The molecule has 0 spiro atoms. The van der Waals surface area contributed by atoms with Crippen LogP contribution in [0.5, 0.6) is 0 Å².